The summed E-state index contributed by atoms with van der Waals surface area (Å²) in [5.74, 6) is 2.37. The zero-order valence-electron chi connectivity index (χ0n) is 20.7. The molecule has 188 valence electrons. The first kappa shape index (κ1) is 25.6. The Balaban J connectivity index is 1.72. The third-order valence-electron chi connectivity index (χ3n) is 6.39. The molecular formula is C26H33ClN4O4. The minimum Gasteiger partial charge on any atom is -0.491 e. The first-order valence-corrected chi connectivity index (χ1v) is 12.4. The van der Waals surface area contributed by atoms with Crippen LogP contribution in [0.25, 0.3) is 22.6 Å². The lowest BCUT2D eigenvalue weighted by molar-refractivity contribution is 0.108. The highest BCUT2D eigenvalue weighted by molar-refractivity contribution is 6.33. The quantitative estimate of drug-likeness (QED) is 0.424. The molecular weight excluding hydrogens is 468 g/mol. The average molecular weight is 501 g/mol. The van der Waals surface area contributed by atoms with Crippen LogP contribution in [0.3, 0.4) is 0 Å². The number of benzene rings is 1. The molecule has 0 saturated carbocycles. The molecule has 1 aliphatic heterocycles. The van der Waals surface area contributed by atoms with E-state index in [1.807, 2.05) is 19.9 Å². The molecule has 1 aliphatic rings. The van der Waals surface area contributed by atoms with Gasteiger partial charge in [-0.2, -0.15) is 0 Å². The molecule has 0 amide bonds. The van der Waals surface area contributed by atoms with Crippen molar-refractivity contribution in [2.45, 2.75) is 46.1 Å². The molecule has 0 aliphatic carbocycles. The lowest BCUT2D eigenvalue weighted by Crippen LogP contribution is -2.29. The largest absolute Gasteiger partial charge is 0.491 e. The molecule has 1 saturated heterocycles. The first-order valence-electron chi connectivity index (χ1n) is 12.0. The molecule has 0 unspecified atom stereocenters. The van der Waals surface area contributed by atoms with Gasteiger partial charge >= 0.3 is 0 Å². The maximum atomic E-state index is 10.00. The van der Waals surface area contributed by atoms with Crippen LogP contribution in [-0.4, -0.2) is 59.7 Å². The normalized spacial score (nSPS) is 16.6. The van der Waals surface area contributed by atoms with Gasteiger partial charge in [-0.25, -0.2) is 9.97 Å². The van der Waals surface area contributed by atoms with Gasteiger partial charge in [0.25, 0.3) is 0 Å². The minimum absolute atomic E-state index is 0.162. The number of halogens is 1. The second-order valence-electron chi connectivity index (χ2n) is 9.10. The van der Waals surface area contributed by atoms with Gasteiger partial charge in [0.05, 0.1) is 22.0 Å². The number of likely N-dealkylation sites (N-methyl/N-ethyl adjacent to an activating group) is 1. The monoisotopic (exact) mass is 500 g/mol. The Kier molecular flexibility index (Phi) is 8.38. The molecule has 2 N–H and O–H groups in total. The topological polar surface area (TPSA) is 103 Å². The zero-order chi connectivity index (χ0) is 24.9. The van der Waals surface area contributed by atoms with Crippen LogP contribution in [0.2, 0.25) is 5.02 Å². The Morgan fingerprint density at radius 3 is 2.77 bits per heavy atom. The van der Waals surface area contributed by atoms with Gasteiger partial charge in [-0.15, -0.1) is 0 Å². The highest BCUT2D eigenvalue weighted by Gasteiger charge is 2.23. The summed E-state index contributed by atoms with van der Waals surface area (Å²) in [6.07, 6.45) is 2.28. The number of nitrogens with zero attached hydrogens (tertiary/aromatic N) is 3. The van der Waals surface area contributed by atoms with Crippen molar-refractivity contribution >= 4 is 11.6 Å². The van der Waals surface area contributed by atoms with E-state index in [0.717, 1.165) is 60.7 Å². The number of hydrogen-bond acceptors (Lipinski definition) is 8. The summed E-state index contributed by atoms with van der Waals surface area (Å²) in [4.78, 5) is 9.90. The number of aliphatic hydroxyl groups excluding tert-OH is 1. The predicted octanol–water partition coefficient (Wildman–Crippen LogP) is 4.31. The second-order valence-corrected chi connectivity index (χ2v) is 9.51. The lowest BCUT2D eigenvalue weighted by atomic mass is 9.97. The molecule has 9 heteroatoms. The van der Waals surface area contributed by atoms with Crippen LogP contribution in [-0.2, 0) is 11.2 Å². The van der Waals surface area contributed by atoms with Crippen molar-refractivity contribution in [1.29, 1.82) is 0 Å². The number of aliphatic hydroxyl groups is 1. The van der Waals surface area contributed by atoms with Crippen LogP contribution in [0.4, 0.5) is 0 Å². The van der Waals surface area contributed by atoms with Gasteiger partial charge in [-0.3, -0.25) is 0 Å². The van der Waals surface area contributed by atoms with E-state index in [1.165, 1.54) is 0 Å². The third kappa shape index (κ3) is 6.01. The van der Waals surface area contributed by atoms with Crippen molar-refractivity contribution in [3.05, 3.63) is 45.9 Å². The van der Waals surface area contributed by atoms with Gasteiger partial charge in [0, 0.05) is 31.0 Å². The van der Waals surface area contributed by atoms with E-state index in [-0.39, 0.29) is 6.61 Å². The summed E-state index contributed by atoms with van der Waals surface area (Å²) >= 11 is 6.61. The SMILES string of the molecule is CNC[C@@H](O)COc1ccc(Cl)c(-c2nc(CC[C@@H]3CCOC3)c(C)c(-c3c(C)noc3C)n2)c1. The van der Waals surface area contributed by atoms with Crippen molar-refractivity contribution < 1.29 is 19.1 Å². The maximum absolute atomic E-state index is 10.00. The van der Waals surface area contributed by atoms with E-state index >= 15 is 0 Å². The molecule has 2 aromatic heterocycles. The van der Waals surface area contributed by atoms with Gasteiger partial charge in [0.15, 0.2) is 5.82 Å². The summed E-state index contributed by atoms with van der Waals surface area (Å²) in [6, 6.07) is 5.37. The Morgan fingerprint density at radius 1 is 1.26 bits per heavy atom. The zero-order valence-corrected chi connectivity index (χ0v) is 21.5. The Morgan fingerprint density at radius 2 is 2.09 bits per heavy atom. The molecule has 3 heterocycles. The molecule has 4 rings (SSSR count). The van der Waals surface area contributed by atoms with Crippen LogP contribution < -0.4 is 10.1 Å². The Hall–Kier alpha value is -2.52. The molecule has 1 fully saturated rings. The summed E-state index contributed by atoms with van der Waals surface area (Å²) in [5, 5.41) is 17.6. The number of aromatic nitrogens is 3. The molecule has 0 bridgehead atoms. The standard InChI is InChI=1S/C26H33ClN4O4/c1-15-23(8-5-18-9-10-33-13-18)29-26(30-25(15)24-16(2)31-35-17(24)3)21-11-20(6-7-22(21)27)34-14-19(32)12-28-4/h6-7,11,18-19,28,32H,5,8-10,12-14H2,1-4H3/t18-,19-/m1/s1. The average Bonchev–Trinajstić information content (AvgIpc) is 3.48. The number of aryl methyl sites for hydroxylation is 3. The smallest absolute Gasteiger partial charge is 0.161 e. The molecule has 2 atom stereocenters. The van der Waals surface area contributed by atoms with Gasteiger partial charge in [0.2, 0.25) is 0 Å². The van der Waals surface area contributed by atoms with Crippen molar-refractivity contribution in [3.63, 3.8) is 0 Å². The van der Waals surface area contributed by atoms with Crippen LogP contribution >= 0.6 is 11.6 Å². The van der Waals surface area contributed by atoms with Crippen LogP contribution in [0.15, 0.2) is 22.7 Å². The number of rotatable bonds is 10. The Labute approximate surface area is 211 Å². The van der Waals surface area contributed by atoms with E-state index in [9.17, 15) is 5.11 Å². The van der Waals surface area contributed by atoms with Crippen molar-refractivity contribution in [2.75, 3.05) is 33.4 Å². The summed E-state index contributed by atoms with van der Waals surface area (Å²) in [7, 11) is 1.78. The van der Waals surface area contributed by atoms with Gasteiger partial charge in [-0.1, -0.05) is 16.8 Å². The fraction of sp³-hybridized carbons (Fsp3) is 0.500. The summed E-state index contributed by atoms with van der Waals surface area (Å²) < 4.78 is 16.8. The predicted molar refractivity (Wildman–Crippen MR) is 135 cm³/mol. The third-order valence-corrected chi connectivity index (χ3v) is 6.72. The molecule has 8 nitrogen and oxygen atoms in total. The van der Waals surface area contributed by atoms with E-state index < -0.39 is 6.10 Å². The summed E-state index contributed by atoms with van der Waals surface area (Å²) in [6.45, 7) is 8.10. The van der Waals surface area contributed by atoms with Crippen molar-refractivity contribution in [3.8, 4) is 28.4 Å². The van der Waals surface area contributed by atoms with Gasteiger partial charge < -0.3 is 24.4 Å². The van der Waals surface area contributed by atoms with Crippen molar-refractivity contribution in [2.24, 2.45) is 5.92 Å². The molecule has 0 spiro atoms. The Bertz CT molecular complexity index is 1140. The number of hydrogen-bond donors (Lipinski definition) is 2. The molecule has 3 aromatic rings. The molecule has 35 heavy (non-hydrogen) atoms. The number of ether oxygens (including phenoxy) is 2. The van der Waals surface area contributed by atoms with Crippen molar-refractivity contribution in [1.82, 2.24) is 20.4 Å². The van der Waals surface area contributed by atoms with Crippen LogP contribution in [0, 0.1) is 26.7 Å². The minimum atomic E-state index is -0.618. The van der Waals surface area contributed by atoms with E-state index in [0.29, 0.717) is 40.4 Å². The molecule has 0 radical (unpaired) electrons. The lowest BCUT2D eigenvalue weighted by Gasteiger charge is -2.16. The fourth-order valence-corrected chi connectivity index (χ4v) is 4.60. The van der Waals surface area contributed by atoms with E-state index in [2.05, 4.69) is 17.4 Å². The van der Waals surface area contributed by atoms with Gasteiger partial charge in [-0.05, 0) is 76.8 Å². The van der Waals surface area contributed by atoms with E-state index in [4.69, 9.17) is 35.6 Å². The van der Waals surface area contributed by atoms with Gasteiger partial charge in [0.1, 0.15) is 24.2 Å². The first-order chi connectivity index (χ1) is 16.9. The van der Waals surface area contributed by atoms with Crippen LogP contribution in [0.1, 0.15) is 35.6 Å². The van der Waals surface area contributed by atoms with E-state index in [1.54, 1.807) is 19.2 Å². The summed E-state index contributed by atoms with van der Waals surface area (Å²) in [5.41, 5.74) is 5.13. The highest BCUT2D eigenvalue weighted by Crippen LogP contribution is 2.35. The molecule has 1 aromatic carbocycles. The second kappa shape index (κ2) is 11.5. The maximum Gasteiger partial charge on any atom is 0.161 e. The van der Waals surface area contributed by atoms with Crippen LogP contribution in [0.5, 0.6) is 5.75 Å². The fourth-order valence-electron chi connectivity index (χ4n) is 4.40. The highest BCUT2D eigenvalue weighted by atomic mass is 35.5. The number of nitrogens with one attached hydrogen (secondary N) is 1.